The van der Waals surface area contributed by atoms with Crippen molar-refractivity contribution in [1.29, 1.82) is 0 Å². The van der Waals surface area contributed by atoms with E-state index in [0.29, 0.717) is 10.9 Å². The van der Waals surface area contributed by atoms with Crippen LogP contribution >= 0.6 is 11.6 Å². The number of halogens is 1. The maximum Gasteiger partial charge on any atom is 0.336 e. The van der Waals surface area contributed by atoms with Gasteiger partial charge in [-0.05, 0) is 18.1 Å². The van der Waals surface area contributed by atoms with Crippen LogP contribution in [0.4, 0.5) is 0 Å². The minimum absolute atomic E-state index is 0.0431. The highest BCUT2D eigenvalue weighted by molar-refractivity contribution is 6.32. The van der Waals surface area contributed by atoms with E-state index in [1.165, 1.54) is 18.2 Å². The van der Waals surface area contributed by atoms with Crippen molar-refractivity contribution in [2.45, 2.75) is 12.5 Å². The zero-order valence-electron chi connectivity index (χ0n) is 9.59. The number of carboxylic acids is 1. The molecule has 2 rings (SSSR count). The predicted octanol–water partition coefficient (Wildman–Crippen LogP) is 1.11. The lowest BCUT2D eigenvalue weighted by molar-refractivity contribution is -0.138. The number of aliphatic carboxylic acids is 1. The Hall–Kier alpha value is -2.05. The number of phenols is 1. The van der Waals surface area contributed by atoms with Gasteiger partial charge in [0.05, 0.1) is 5.02 Å². The lowest BCUT2D eigenvalue weighted by atomic mass is 10.0. The molecule has 1 aromatic carbocycles. The molecule has 0 saturated carbocycles. The van der Waals surface area contributed by atoms with Gasteiger partial charge in [0.15, 0.2) is 0 Å². The molecule has 0 unspecified atom stereocenters. The number of carbonyl (C=O) groups is 1. The van der Waals surface area contributed by atoms with Gasteiger partial charge in [-0.25, -0.2) is 4.79 Å². The Morgan fingerprint density at radius 1 is 1.42 bits per heavy atom. The van der Waals surface area contributed by atoms with Gasteiger partial charge in [-0.3, -0.25) is 4.79 Å². The standard InChI is InChI=1S/C12H10ClNO5/c13-7-3-6-5(1-8(14)12(17)18)2-11(16)19-10(6)4-9(7)15/h2-4,8,15H,1,14H2,(H,17,18)/t8-/m0/s1. The summed E-state index contributed by atoms with van der Waals surface area (Å²) in [6.45, 7) is 0. The van der Waals surface area contributed by atoms with Crippen LogP contribution in [-0.4, -0.2) is 22.2 Å². The van der Waals surface area contributed by atoms with Crippen LogP contribution in [0.25, 0.3) is 11.0 Å². The first kappa shape index (κ1) is 13.4. The van der Waals surface area contributed by atoms with Gasteiger partial charge < -0.3 is 20.4 Å². The average Bonchev–Trinajstić information content (AvgIpc) is 2.31. The fourth-order valence-corrected chi connectivity index (χ4v) is 1.89. The highest BCUT2D eigenvalue weighted by Crippen LogP contribution is 2.30. The van der Waals surface area contributed by atoms with E-state index in [1.54, 1.807) is 0 Å². The van der Waals surface area contributed by atoms with Gasteiger partial charge in [-0.1, -0.05) is 11.6 Å². The zero-order valence-corrected chi connectivity index (χ0v) is 10.3. The summed E-state index contributed by atoms with van der Waals surface area (Å²) < 4.78 is 4.92. The van der Waals surface area contributed by atoms with Crippen LogP contribution in [0.3, 0.4) is 0 Å². The topological polar surface area (TPSA) is 114 Å². The van der Waals surface area contributed by atoms with Crippen molar-refractivity contribution in [1.82, 2.24) is 0 Å². The minimum atomic E-state index is -1.17. The molecule has 0 spiro atoms. The minimum Gasteiger partial charge on any atom is -0.506 e. The van der Waals surface area contributed by atoms with Gasteiger partial charge in [0, 0.05) is 17.5 Å². The second kappa shape index (κ2) is 4.91. The summed E-state index contributed by atoms with van der Waals surface area (Å²) in [5.41, 5.74) is 5.32. The first-order valence-electron chi connectivity index (χ1n) is 5.32. The second-order valence-corrected chi connectivity index (χ2v) is 4.45. The van der Waals surface area contributed by atoms with Crippen LogP contribution in [-0.2, 0) is 11.2 Å². The van der Waals surface area contributed by atoms with Crippen LogP contribution in [0.5, 0.6) is 5.75 Å². The number of fused-ring (bicyclic) bond motifs is 1. The van der Waals surface area contributed by atoms with Gasteiger partial charge in [-0.2, -0.15) is 0 Å². The van der Waals surface area contributed by atoms with E-state index in [0.717, 1.165) is 0 Å². The molecule has 1 heterocycles. The Kier molecular flexibility index (Phi) is 3.46. The van der Waals surface area contributed by atoms with Crippen molar-refractivity contribution in [2.75, 3.05) is 0 Å². The summed E-state index contributed by atoms with van der Waals surface area (Å²) in [5.74, 6) is -1.40. The fourth-order valence-electron chi connectivity index (χ4n) is 1.73. The third kappa shape index (κ3) is 2.69. The molecule has 0 fully saturated rings. The molecule has 0 aliphatic rings. The summed E-state index contributed by atoms with van der Waals surface area (Å²) >= 11 is 5.78. The number of rotatable bonds is 3. The maximum absolute atomic E-state index is 11.4. The third-order valence-electron chi connectivity index (χ3n) is 2.65. The van der Waals surface area contributed by atoms with E-state index in [-0.39, 0.29) is 22.8 Å². The molecule has 0 saturated heterocycles. The summed E-state index contributed by atoms with van der Waals surface area (Å²) in [4.78, 5) is 22.1. The number of nitrogens with two attached hydrogens (primary N) is 1. The van der Waals surface area contributed by atoms with Crippen molar-refractivity contribution in [3.63, 3.8) is 0 Å². The molecule has 6 nitrogen and oxygen atoms in total. The molecule has 1 aromatic heterocycles. The molecule has 19 heavy (non-hydrogen) atoms. The normalized spacial score (nSPS) is 12.5. The number of hydrogen-bond donors (Lipinski definition) is 3. The molecule has 0 aliphatic carbocycles. The molecule has 0 aliphatic heterocycles. The molecule has 100 valence electrons. The monoisotopic (exact) mass is 283 g/mol. The highest BCUT2D eigenvalue weighted by Gasteiger charge is 2.16. The lowest BCUT2D eigenvalue weighted by Gasteiger charge is -2.09. The molecule has 2 aromatic rings. The number of benzene rings is 1. The van der Waals surface area contributed by atoms with Crippen molar-refractivity contribution in [3.8, 4) is 5.75 Å². The van der Waals surface area contributed by atoms with Crippen molar-refractivity contribution >= 4 is 28.5 Å². The largest absolute Gasteiger partial charge is 0.506 e. The smallest absolute Gasteiger partial charge is 0.336 e. The molecule has 4 N–H and O–H groups in total. The van der Waals surface area contributed by atoms with E-state index in [9.17, 15) is 14.7 Å². The van der Waals surface area contributed by atoms with Gasteiger partial charge in [-0.15, -0.1) is 0 Å². The SMILES string of the molecule is N[C@@H](Cc1cc(=O)oc2cc(O)c(Cl)cc12)C(=O)O. The summed E-state index contributed by atoms with van der Waals surface area (Å²) in [5, 5.41) is 18.8. The zero-order chi connectivity index (χ0) is 14.2. The molecular formula is C12H10ClNO5. The molecule has 1 atom stereocenters. The van der Waals surface area contributed by atoms with E-state index in [2.05, 4.69) is 0 Å². The van der Waals surface area contributed by atoms with Crippen LogP contribution in [0, 0.1) is 0 Å². The Labute approximate surface area is 112 Å². The fraction of sp³-hybridized carbons (Fsp3) is 0.167. The van der Waals surface area contributed by atoms with E-state index < -0.39 is 17.6 Å². The van der Waals surface area contributed by atoms with Gasteiger partial charge >= 0.3 is 11.6 Å². The summed E-state index contributed by atoms with van der Waals surface area (Å²) in [7, 11) is 0. The first-order chi connectivity index (χ1) is 8.88. The molecule has 0 bridgehead atoms. The van der Waals surface area contributed by atoms with Crippen molar-refractivity contribution in [2.24, 2.45) is 5.73 Å². The van der Waals surface area contributed by atoms with Crippen LogP contribution in [0.15, 0.2) is 27.4 Å². The molecular weight excluding hydrogens is 274 g/mol. The highest BCUT2D eigenvalue weighted by atomic mass is 35.5. The quantitative estimate of drug-likeness (QED) is 0.727. The van der Waals surface area contributed by atoms with E-state index >= 15 is 0 Å². The third-order valence-corrected chi connectivity index (χ3v) is 2.96. The van der Waals surface area contributed by atoms with Crippen LogP contribution in [0.1, 0.15) is 5.56 Å². The second-order valence-electron chi connectivity index (χ2n) is 4.04. The maximum atomic E-state index is 11.4. The summed E-state index contributed by atoms with van der Waals surface area (Å²) in [6.07, 6.45) is -0.0431. The Bertz CT molecular complexity index is 709. The van der Waals surface area contributed by atoms with Crippen LogP contribution in [0.2, 0.25) is 5.02 Å². The van der Waals surface area contributed by atoms with Gasteiger partial charge in [0.1, 0.15) is 17.4 Å². The van der Waals surface area contributed by atoms with Crippen molar-refractivity contribution in [3.05, 3.63) is 39.2 Å². The number of hydrogen-bond acceptors (Lipinski definition) is 5. The predicted molar refractivity (Wildman–Crippen MR) is 68.5 cm³/mol. The Balaban J connectivity index is 2.62. The molecule has 0 amide bonds. The number of carboxylic acid groups (broad SMARTS) is 1. The first-order valence-corrected chi connectivity index (χ1v) is 5.70. The molecule has 0 radical (unpaired) electrons. The number of aromatic hydroxyl groups is 1. The van der Waals surface area contributed by atoms with E-state index in [1.807, 2.05) is 0 Å². The Morgan fingerprint density at radius 3 is 2.74 bits per heavy atom. The Morgan fingerprint density at radius 2 is 2.11 bits per heavy atom. The van der Waals surface area contributed by atoms with E-state index in [4.69, 9.17) is 26.9 Å². The van der Waals surface area contributed by atoms with Crippen LogP contribution < -0.4 is 11.4 Å². The average molecular weight is 284 g/mol. The van der Waals surface area contributed by atoms with Gasteiger partial charge in [0.25, 0.3) is 0 Å². The summed E-state index contributed by atoms with van der Waals surface area (Å²) in [6, 6.07) is 2.63. The lowest BCUT2D eigenvalue weighted by Crippen LogP contribution is -2.32. The van der Waals surface area contributed by atoms with Crippen molar-refractivity contribution < 1.29 is 19.4 Å². The molecule has 7 heteroatoms. The number of phenolic OH excluding ortho intramolecular Hbond substituents is 1. The van der Waals surface area contributed by atoms with Gasteiger partial charge in [0.2, 0.25) is 0 Å².